The van der Waals surface area contributed by atoms with Crippen LogP contribution in [-0.2, 0) is 21.2 Å². The zero-order valence-corrected chi connectivity index (χ0v) is 19.9. The molecule has 8 heteroatoms. The lowest BCUT2D eigenvalue weighted by molar-refractivity contribution is -0.136. The predicted octanol–water partition coefficient (Wildman–Crippen LogP) is 4.50. The largest absolute Gasteiger partial charge is 0.425 e. The third kappa shape index (κ3) is 6.30. The molecule has 1 atom stereocenters. The monoisotopic (exact) mass is 471 g/mol. The van der Waals surface area contributed by atoms with Crippen molar-refractivity contribution in [1.82, 2.24) is 4.72 Å². The average Bonchev–Trinajstić information content (AvgIpc) is 2.76. The standard InChI is InChI=1S/C25H29NO6S/c1-4-6-8-22(26-33(29,30)20-12-9-17(3)10-13-20)25(28)31-19-11-14-21-18(7-5-2)15-24(27)32-23(21)16-19/h9-16,22,26H,4-8H2,1-3H3. The molecule has 3 aromatic rings. The van der Waals surface area contributed by atoms with Gasteiger partial charge in [0.2, 0.25) is 10.0 Å². The van der Waals surface area contributed by atoms with E-state index in [-0.39, 0.29) is 10.6 Å². The first-order valence-electron chi connectivity index (χ1n) is 11.1. The number of unbranched alkanes of at least 4 members (excludes halogenated alkanes) is 1. The van der Waals surface area contributed by atoms with Crippen LogP contribution in [-0.4, -0.2) is 20.4 Å². The smallest absolute Gasteiger partial charge is 0.336 e. The number of benzene rings is 2. The first-order chi connectivity index (χ1) is 15.7. The van der Waals surface area contributed by atoms with Crippen LogP contribution < -0.4 is 15.1 Å². The number of fused-ring (bicyclic) bond motifs is 1. The molecule has 33 heavy (non-hydrogen) atoms. The highest BCUT2D eigenvalue weighted by Crippen LogP contribution is 2.24. The Morgan fingerprint density at radius 3 is 2.45 bits per heavy atom. The Bertz CT molecular complexity index is 1280. The van der Waals surface area contributed by atoms with Crippen LogP contribution in [0.15, 0.2) is 62.6 Å². The van der Waals surface area contributed by atoms with E-state index in [1.807, 2.05) is 20.8 Å². The second-order valence-corrected chi connectivity index (χ2v) is 9.76. The van der Waals surface area contributed by atoms with Crippen molar-refractivity contribution in [2.75, 3.05) is 0 Å². The molecule has 0 radical (unpaired) electrons. The lowest BCUT2D eigenvalue weighted by Gasteiger charge is -2.18. The van der Waals surface area contributed by atoms with Gasteiger partial charge in [-0.25, -0.2) is 18.0 Å². The van der Waals surface area contributed by atoms with Gasteiger partial charge in [-0.1, -0.05) is 50.8 Å². The molecule has 0 spiro atoms. The van der Waals surface area contributed by atoms with Gasteiger partial charge >= 0.3 is 11.6 Å². The SMILES string of the molecule is CCCCC(NS(=O)(=O)c1ccc(C)cc1)C(=O)Oc1ccc2c(CCC)cc(=O)oc2c1. The Balaban J connectivity index is 1.84. The Kier molecular flexibility index (Phi) is 8.05. The van der Waals surface area contributed by atoms with Crippen LogP contribution in [0.4, 0.5) is 0 Å². The molecule has 0 aliphatic rings. The Morgan fingerprint density at radius 1 is 1.06 bits per heavy atom. The van der Waals surface area contributed by atoms with Gasteiger partial charge in [0.15, 0.2) is 0 Å². The van der Waals surface area contributed by atoms with E-state index in [0.29, 0.717) is 18.4 Å². The number of aryl methyl sites for hydroxylation is 2. The summed E-state index contributed by atoms with van der Waals surface area (Å²) in [5.41, 5.74) is 1.65. The molecule has 0 saturated heterocycles. The molecule has 7 nitrogen and oxygen atoms in total. The lowest BCUT2D eigenvalue weighted by Crippen LogP contribution is -2.42. The van der Waals surface area contributed by atoms with Crippen molar-refractivity contribution in [1.29, 1.82) is 0 Å². The van der Waals surface area contributed by atoms with Crippen molar-refractivity contribution < 1.29 is 22.4 Å². The maximum atomic E-state index is 12.9. The van der Waals surface area contributed by atoms with Crippen LogP contribution in [0.3, 0.4) is 0 Å². The van der Waals surface area contributed by atoms with E-state index >= 15 is 0 Å². The quantitative estimate of drug-likeness (QED) is 0.265. The van der Waals surface area contributed by atoms with Crippen LogP contribution in [0.2, 0.25) is 0 Å². The molecule has 2 aromatic carbocycles. The van der Waals surface area contributed by atoms with Gasteiger partial charge in [0.05, 0.1) is 4.90 Å². The zero-order chi connectivity index (χ0) is 24.0. The molecule has 3 rings (SSSR count). The summed E-state index contributed by atoms with van der Waals surface area (Å²) in [5, 5.41) is 0.777. The van der Waals surface area contributed by atoms with Crippen molar-refractivity contribution in [2.45, 2.75) is 63.8 Å². The summed E-state index contributed by atoms with van der Waals surface area (Å²) in [7, 11) is -3.91. The molecule has 0 amide bonds. The van der Waals surface area contributed by atoms with E-state index in [1.54, 1.807) is 24.3 Å². The highest BCUT2D eigenvalue weighted by atomic mass is 32.2. The van der Waals surface area contributed by atoms with Crippen LogP contribution in [0.1, 0.15) is 50.7 Å². The molecular formula is C25H29NO6S. The van der Waals surface area contributed by atoms with Crippen LogP contribution in [0, 0.1) is 6.92 Å². The minimum atomic E-state index is -3.91. The summed E-state index contributed by atoms with van der Waals surface area (Å²) in [4.78, 5) is 24.9. The van der Waals surface area contributed by atoms with Crippen LogP contribution in [0.25, 0.3) is 11.0 Å². The van der Waals surface area contributed by atoms with Gasteiger partial charge in [0.25, 0.3) is 0 Å². The Morgan fingerprint density at radius 2 is 1.79 bits per heavy atom. The molecule has 1 unspecified atom stereocenters. The Hall–Kier alpha value is -2.97. The van der Waals surface area contributed by atoms with Crippen LogP contribution in [0.5, 0.6) is 5.75 Å². The summed E-state index contributed by atoms with van der Waals surface area (Å²) in [6.07, 6.45) is 3.32. The molecule has 0 saturated carbocycles. The van der Waals surface area contributed by atoms with Gasteiger partial charge in [0, 0.05) is 17.5 Å². The van der Waals surface area contributed by atoms with Gasteiger partial charge in [-0.2, -0.15) is 4.72 Å². The number of hydrogen-bond donors (Lipinski definition) is 1. The molecule has 0 bridgehead atoms. The number of ether oxygens (including phenoxy) is 1. The molecule has 0 aliphatic carbocycles. The number of carbonyl (C=O) groups is 1. The summed E-state index contributed by atoms with van der Waals surface area (Å²) in [6.45, 7) is 5.84. The van der Waals surface area contributed by atoms with E-state index in [2.05, 4.69) is 4.72 Å². The van der Waals surface area contributed by atoms with Crippen molar-refractivity contribution >= 4 is 27.0 Å². The fraction of sp³-hybridized carbons (Fsp3) is 0.360. The number of nitrogens with one attached hydrogen (secondary N) is 1. The topological polar surface area (TPSA) is 103 Å². The van der Waals surface area contributed by atoms with Crippen molar-refractivity contribution in [2.24, 2.45) is 0 Å². The third-order valence-electron chi connectivity index (χ3n) is 5.30. The van der Waals surface area contributed by atoms with Gasteiger partial charge in [-0.3, -0.25) is 0 Å². The fourth-order valence-corrected chi connectivity index (χ4v) is 4.76. The fourth-order valence-electron chi connectivity index (χ4n) is 3.54. The second-order valence-electron chi connectivity index (χ2n) is 8.05. The van der Waals surface area contributed by atoms with Crippen molar-refractivity contribution in [3.63, 3.8) is 0 Å². The summed E-state index contributed by atoms with van der Waals surface area (Å²) in [5.74, 6) is -0.536. The van der Waals surface area contributed by atoms with E-state index in [0.717, 1.165) is 35.8 Å². The van der Waals surface area contributed by atoms with Gasteiger partial charge < -0.3 is 9.15 Å². The number of rotatable bonds is 10. The number of esters is 1. The molecule has 0 aliphatic heterocycles. The summed E-state index contributed by atoms with van der Waals surface area (Å²) < 4.78 is 38.9. The summed E-state index contributed by atoms with van der Waals surface area (Å²) in [6, 6.07) is 11.7. The highest BCUT2D eigenvalue weighted by molar-refractivity contribution is 7.89. The number of carbonyl (C=O) groups excluding carboxylic acids is 1. The van der Waals surface area contributed by atoms with E-state index < -0.39 is 27.7 Å². The minimum Gasteiger partial charge on any atom is -0.425 e. The molecule has 1 aromatic heterocycles. The average molecular weight is 472 g/mol. The number of sulfonamides is 1. The molecule has 176 valence electrons. The van der Waals surface area contributed by atoms with Gasteiger partial charge in [-0.05, 0) is 49.6 Å². The normalized spacial score (nSPS) is 12.6. The minimum absolute atomic E-state index is 0.0818. The van der Waals surface area contributed by atoms with Gasteiger partial charge in [-0.15, -0.1) is 0 Å². The molecule has 1 N–H and O–H groups in total. The zero-order valence-electron chi connectivity index (χ0n) is 19.1. The third-order valence-corrected chi connectivity index (χ3v) is 6.79. The van der Waals surface area contributed by atoms with Crippen molar-refractivity contribution in [3.05, 3.63) is 70.1 Å². The van der Waals surface area contributed by atoms with E-state index in [1.165, 1.54) is 24.3 Å². The maximum Gasteiger partial charge on any atom is 0.336 e. The van der Waals surface area contributed by atoms with E-state index in [9.17, 15) is 18.0 Å². The summed E-state index contributed by atoms with van der Waals surface area (Å²) >= 11 is 0. The van der Waals surface area contributed by atoms with Crippen molar-refractivity contribution in [3.8, 4) is 5.75 Å². The second kappa shape index (κ2) is 10.8. The number of hydrogen-bond acceptors (Lipinski definition) is 6. The van der Waals surface area contributed by atoms with Gasteiger partial charge in [0.1, 0.15) is 17.4 Å². The highest BCUT2D eigenvalue weighted by Gasteiger charge is 2.27. The maximum absolute atomic E-state index is 12.9. The Labute approximate surface area is 193 Å². The predicted molar refractivity (Wildman–Crippen MR) is 127 cm³/mol. The van der Waals surface area contributed by atoms with Crippen LogP contribution >= 0.6 is 0 Å². The first-order valence-corrected chi connectivity index (χ1v) is 12.6. The molecular weight excluding hydrogens is 442 g/mol. The lowest BCUT2D eigenvalue weighted by atomic mass is 10.1. The first kappa shape index (κ1) is 24.7. The molecule has 0 fully saturated rings. The van der Waals surface area contributed by atoms with E-state index in [4.69, 9.17) is 9.15 Å². The molecule has 1 heterocycles.